The Hall–Kier alpha value is -4.70. The number of carbonyl (C=O) groups is 2. The molecule has 7 rings (SSSR count). The summed E-state index contributed by atoms with van der Waals surface area (Å²) in [7, 11) is 0. The zero-order valence-electron chi connectivity index (χ0n) is 24.3. The Balaban J connectivity index is 0.956. The number of benzene rings is 2. The number of urea groups is 1. The molecule has 3 aliphatic rings. The van der Waals surface area contributed by atoms with Crippen LogP contribution in [0, 0.1) is 6.92 Å². The zero-order valence-corrected chi connectivity index (χ0v) is 24.3. The maximum atomic E-state index is 12.3. The van der Waals surface area contributed by atoms with Crippen molar-refractivity contribution >= 4 is 34.9 Å². The number of imide groups is 1. The van der Waals surface area contributed by atoms with Crippen molar-refractivity contribution in [3.05, 3.63) is 83.9 Å². The first kappa shape index (κ1) is 27.2. The van der Waals surface area contributed by atoms with Crippen LogP contribution in [0.2, 0.25) is 0 Å². The zero-order chi connectivity index (χ0) is 29.3. The van der Waals surface area contributed by atoms with Gasteiger partial charge in [-0.2, -0.15) is 0 Å². The van der Waals surface area contributed by atoms with Crippen molar-refractivity contribution in [2.75, 3.05) is 41.3 Å². The van der Waals surface area contributed by atoms with Crippen molar-refractivity contribution in [2.24, 2.45) is 0 Å². The van der Waals surface area contributed by atoms with Gasteiger partial charge in [-0.1, -0.05) is 12.1 Å². The normalized spacial score (nSPS) is 17.5. The Kier molecular flexibility index (Phi) is 7.28. The van der Waals surface area contributed by atoms with Crippen LogP contribution in [-0.4, -0.2) is 52.7 Å². The third kappa shape index (κ3) is 5.70. The van der Waals surface area contributed by atoms with Crippen LogP contribution in [0.1, 0.15) is 42.1 Å². The summed E-state index contributed by atoms with van der Waals surface area (Å²) in [4.78, 5) is 37.1. The molecule has 0 bridgehead atoms. The number of rotatable bonds is 6. The summed E-state index contributed by atoms with van der Waals surface area (Å²) in [5.74, 6) is 0.416. The Bertz CT molecular complexity index is 1660. The monoisotopic (exact) mass is 576 g/mol. The van der Waals surface area contributed by atoms with Crippen molar-refractivity contribution < 1.29 is 9.59 Å². The summed E-state index contributed by atoms with van der Waals surface area (Å²) in [6.45, 7) is 6.15. The lowest BCUT2D eigenvalue weighted by molar-refractivity contribution is -0.120. The van der Waals surface area contributed by atoms with Gasteiger partial charge in [-0.05, 0) is 91.4 Å². The molecule has 0 radical (unpaired) electrons. The van der Waals surface area contributed by atoms with Crippen molar-refractivity contribution in [1.82, 2.24) is 25.2 Å². The molecule has 3 amide bonds. The first-order chi connectivity index (χ1) is 21.0. The van der Waals surface area contributed by atoms with Gasteiger partial charge in [0.05, 0.1) is 5.69 Å². The summed E-state index contributed by atoms with van der Waals surface area (Å²) in [6, 6.07) is 17.0. The second-order valence-electron chi connectivity index (χ2n) is 11.6. The van der Waals surface area contributed by atoms with E-state index in [2.05, 4.69) is 90.2 Å². The molecule has 220 valence electrons. The molecule has 0 spiro atoms. The molecule has 2 aromatic carbocycles. The fourth-order valence-corrected chi connectivity index (χ4v) is 6.34. The molecule has 4 aromatic rings. The first-order valence-corrected chi connectivity index (χ1v) is 15.1. The SMILES string of the molecule is Cc1cc(N2CCC(n3ccc(-c4ccc(Nc5ncc6c(n5)CNCC6)cc4)c3)CC2)ccc1N1CCC(=O)NC1=O. The average molecular weight is 577 g/mol. The molecule has 43 heavy (non-hydrogen) atoms. The van der Waals surface area contributed by atoms with Gasteiger partial charge in [-0.3, -0.25) is 15.0 Å². The van der Waals surface area contributed by atoms with Gasteiger partial charge < -0.3 is 20.1 Å². The first-order valence-electron chi connectivity index (χ1n) is 15.1. The number of anilines is 4. The molecule has 10 heteroatoms. The maximum Gasteiger partial charge on any atom is 0.328 e. The highest BCUT2D eigenvalue weighted by atomic mass is 16.2. The van der Waals surface area contributed by atoms with Crippen LogP contribution in [0.15, 0.2) is 67.1 Å². The van der Waals surface area contributed by atoms with E-state index in [4.69, 9.17) is 0 Å². The van der Waals surface area contributed by atoms with E-state index >= 15 is 0 Å². The molecule has 0 aliphatic carbocycles. The van der Waals surface area contributed by atoms with E-state index in [1.165, 1.54) is 22.4 Å². The minimum Gasteiger partial charge on any atom is -0.371 e. The van der Waals surface area contributed by atoms with Gasteiger partial charge in [0, 0.05) is 74.3 Å². The number of nitrogens with one attached hydrogen (secondary N) is 3. The quantitative estimate of drug-likeness (QED) is 0.299. The molecule has 0 atom stereocenters. The summed E-state index contributed by atoms with van der Waals surface area (Å²) in [5.41, 5.74) is 8.72. The predicted octanol–water partition coefficient (Wildman–Crippen LogP) is 4.93. The fourth-order valence-electron chi connectivity index (χ4n) is 6.34. The number of aryl methyl sites for hydroxylation is 1. The van der Waals surface area contributed by atoms with E-state index < -0.39 is 0 Å². The van der Waals surface area contributed by atoms with Gasteiger partial charge in [-0.15, -0.1) is 0 Å². The van der Waals surface area contributed by atoms with E-state index in [0.717, 1.165) is 68.1 Å². The highest BCUT2D eigenvalue weighted by Gasteiger charge is 2.26. The van der Waals surface area contributed by atoms with Crippen molar-refractivity contribution in [3.63, 3.8) is 0 Å². The predicted molar refractivity (Wildman–Crippen MR) is 168 cm³/mol. The van der Waals surface area contributed by atoms with E-state index in [9.17, 15) is 9.59 Å². The largest absolute Gasteiger partial charge is 0.371 e. The van der Waals surface area contributed by atoms with Gasteiger partial charge in [0.25, 0.3) is 0 Å². The number of fused-ring (bicyclic) bond motifs is 1. The van der Waals surface area contributed by atoms with Crippen LogP contribution in [-0.2, 0) is 17.8 Å². The number of amides is 3. The molecule has 0 unspecified atom stereocenters. The second kappa shape index (κ2) is 11.5. The Labute approximate surface area is 251 Å². The van der Waals surface area contributed by atoms with Gasteiger partial charge in [0.2, 0.25) is 11.9 Å². The summed E-state index contributed by atoms with van der Waals surface area (Å²) < 4.78 is 2.36. The summed E-state index contributed by atoms with van der Waals surface area (Å²) in [5, 5.41) is 9.12. The molecule has 5 heterocycles. The van der Waals surface area contributed by atoms with E-state index in [1.807, 2.05) is 19.2 Å². The lowest BCUT2D eigenvalue weighted by Gasteiger charge is -2.35. The van der Waals surface area contributed by atoms with Gasteiger partial charge in [0.1, 0.15) is 0 Å². The molecule has 2 aromatic heterocycles. The summed E-state index contributed by atoms with van der Waals surface area (Å²) in [6.07, 6.45) is 9.82. The van der Waals surface area contributed by atoms with Crippen molar-refractivity contribution in [3.8, 4) is 11.1 Å². The maximum absolute atomic E-state index is 12.3. The van der Waals surface area contributed by atoms with Crippen molar-refractivity contribution in [2.45, 2.75) is 45.2 Å². The van der Waals surface area contributed by atoms with Crippen LogP contribution < -0.4 is 25.8 Å². The molecule has 3 aliphatic heterocycles. The number of aromatic nitrogens is 3. The van der Waals surface area contributed by atoms with E-state index in [-0.39, 0.29) is 11.9 Å². The highest BCUT2D eigenvalue weighted by molar-refractivity contribution is 6.06. The Morgan fingerprint density at radius 3 is 2.58 bits per heavy atom. The van der Waals surface area contributed by atoms with Gasteiger partial charge in [-0.25, -0.2) is 14.8 Å². The number of carbonyl (C=O) groups excluding carboxylic acids is 2. The molecule has 0 saturated carbocycles. The highest BCUT2D eigenvalue weighted by Crippen LogP contribution is 2.32. The van der Waals surface area contributed by atoms with Crippen LogP contribution >= 0.6 is 0 Å². The number of hydrogen-bond acceptors (Lipinski definition) is 7. The van der Waals surface area contributed by atoms with Gasteiger partial charge in [0.15, 0.2) is 0 Å². The van der Waals surface area contributed by atoms with E-state index in [0.29, 0.717) is 25.0 Å². The smallest absolute Gasteiger partial charge is 0.328 e. The number of piperidine rings is 1. The van der Waals surface area contributed by atoms with Crippen molar-refractivity contribution in [1.29, 1.82) is 0 Å². The summed E-state index contributed by atoms with van der Waals surface area (Å²) >= 11 is 0. The molecule has 10 nitrogen and oxygen atoms in total. The van der Waals surface area contributed by atoms with Crippen LogP contribution in [0.5, 0.6) is 0 Å². The lowest BCUT2D eigenvalue weighted by atomic mass is 10.0. The third-order valence-electron chi connectivity index (χ3n) is 8.78. The molecular formula is C33H36N8O2. The number of nitrogens with zero attached hydrogens (tertiary/aromatic N) is 5. The number of hydrogen-bond donors (Lipinski definition) is 3. The van der Waals surface area contributed by atoms with Crippen LogP contribution in [0.3, 0.4) is 0 Å². The van der Waals surface area contributed by atoms with Crippen LogP contribution in [0.4, 0.5) is 27.8 Å². The second-order valence-corrected chi connectivity index (χ2v) is 11.6. The van der Waals surface area contributed by atoms with Gasteiger partial charge >= 0.3 is 6.03 Å². The minimum absolute atomic E-state index is 0.214. The molecule has 3 N–H and O–H groups in total. The lowest BCUT2D eigenvalue weighted by Crippen LogP contribution is -2.49. The Morgan fingerprint density at radius 1 is 0.953 bits per heavy atom. The molecule has 2 saturated heterocycles. The molecular weight excluding hydrogens is 540 g/mol. The minimum atomic E-state index is -0.343. The van der Waals surface area contributed by atoms with Crippen LogP contribution in [0.25, 0.3) is 11.1 Å². The Morgan fingerprint density at radius 2 is 1.79 bits per heavy atom. The standard InChI is InChI=1S/C33H36N8O2/c1-22-18-28(6-7-30(22)41-17-12-31(42)38-33(41)43)39-15-10-27(11-16-39)40-14-9-25(21-40)23-2-4-26(5-3-23)36-32-35-19-24-8-13-34-20-29(24)37-32/h2-7,9,14,18-19,21,27,34H,8,10-13,15-17,20H2,1H3,(H,35,36,37)(H,38,42,43). The van der Waals surface area contributed by atoms with E-state index in [1.54, 1.807) is 4.90 Å². The molecule has 2 fully saturated rings. The average Bonchev–Trinajstić information content (AvgIpc) is 3.52. The fraction of sp³-hybridized carbons (Fsp3) is 0.333. The third-order valence-corrected chi connectivity index (χ3v) is 8.78. The topological polar surface area (TPSA) is 107 Å².